The number of carboxylic acid groups (broad SMARTS) is 2. The first-order chi connectivity index (χ1) is 10.5. The van der Waals surface area contributed by atoms with Gasteiger partial charge in [-0.3, -0.25) is 4.79 Å². The molecule has 2 aliphatic carbocycles. The molecule has 22 heavy (non-hydrogen) atoms. The molecular formula is C16H15NO5-2. The minimum Gasteiger partial charge on any atom is -0.550 e. The molecule has 2 saturated carbocycles. The molecule has 1 amide bonds. The van der Waals surface area contributed by atoms with Crippen molar-refractivity contribution in [2.75, 3.05) is 5.32 Å². The van der Waals surface area contributed by atoms with Crippen LogP contribution in [0.4, 0.5) is 5.69 Å². The number of hydrogen-bond acceptors (Lipinski definition) is 5. The Bertz CT molecular complexity index is 624. The minimum atomic E-state index is -1.29. The maximum atomic E-state index is 12.4. The summed E-state index contributed by atoms with van der Waals surface area (Å²) in [7, 11) is 0. The monoisotopic (exact) mass is 301 g/mol. The average molecular weight is 301 g/mol. The van der Waals surface area contributed by atoms with Gasteiger partial charge in [-0.1, -0.05) is 12.1 Å². The smallest absolute Gasteiger partial charge is 0.228 e. The normalized spacial score (nSPS) is 29.3. The van der Waals surface area contributed by atoms with Gasteiger partial charge >= 0.3 is 0 Å². The Hall–Kier alpha value is -2.37. The molecule has 0 heterocycles. The first kappa shape index (κ1) is 14.6. The van der Waals surface area contributed by atoms with Crippen molar-refractivity contribution >= 4 is 23.5 Å². The van der Waals surface area contributed by atoms with Crippen molar-refractivity contribution < 1.29 is 24.6 Å². The Morgan fingerprint density at radius 1 is 0.955 bits per heavy atom. The van der Waals surface area contributed by atoms with Crippen LogP contribution in [0.25, 0.3) is 0 Å². The van der Waals surface area contributed by atoms with Crippen LogP contribution in [0.15, 0.2) is 24.3 Å². The molecule has 2 bridgehead atoms. The standard InChI is InChI=1S/C16H17NO5/c18-14(17-11-5-3-8(4-6-11)15(19)20)12-9-1-2-10(7-9)13(12)16(21)22/h3-6,9-10,12-13H,1-2,7H2,(H,17,18)(H,19,20)(H,21,22)/p-2/t9-,10-,12-,13-/m0/s1. The molecule has 0 saturated heterocycles. The summed E-state index contributed by atoms with van der Waals surface area (Å²) in [5, 5.41) is 24.7. The van der Waals surface area contributed by atoms with Crippen LogP contribution in [0.5, 0.6) is 0 Å². The zero-order valence-electron chi connectivity index (χ0n) is 11.8. The molecule has 0 aromatic heterocycles. The number of fused-ring (bicyclic) bond motifs is 2. The molecule has 2 fully saturated rings. The van der Waals surface area contributed by atoms with Crippen LogP contribution in [0, 0.1) is 23.7 Å². The van der Waals surface area contributed by atoms with Crippen molar-refractivity contribution in [3.8, 4) is 0 Å². The third-order valence-corrected chi connectivity index (χ3v) is 4.88. The van der Waals surface area contributed by atoms with E-state index in [-0.39, 0.29) is 23.3 Å². The Balaban J connectivity index is 1.73. The topological polar surface area (TPSA) is 109 Å². The number of carbonyl (C=O) groups excluding carboxylic acids is 3. The van der Waals surface area contributed by atoms with Gasteiger partial charge in [0.25, 0.3) is 0 Å². The predicted molar refractivity (Wildman–Crippen MR) is 72.2 cm³/mol. The van der Waals surface area contributed by atoms with Gasteiger partial charge in [0, 0.05) is 23.5 Å². The second-order valence-corrected chi connectivity index (χ2v) is 6.06. The molecule has 0 radical (unpaired) electrons. The summed E-state index contributed by atoms with van der Waals surface area (Å²) in [6.07, 6.45) is 2.48. The zero-order chi connectivity index (χ0) is 15.9. The van der Waals surface area contributed by atoms with Gasteiger partial charge in [-0.2, -0.15) is 0 Å². The molecular weight excluding hydrogens is 286 g/mol. The van der Waals surface area contributed by atoms with Crippen LogP contribution < -0.4 is 15.5 Å². The lowest BCUT2D eigenvalue weighted by Gasteiger charge is -2.30. The zero-order valence-corrected chi connectivity index (χ0v) is 11.8. The van der Waals surface area contributed by atoms with Gasteiger partial charge in [0.15, 0.2) is 0 Å². The van der Waals surface area contributed by atoms with E-state index in [0.29, 0.717) is 5.69 Å². The molecule has 0 unspecified atom stereocenters. The van der Waals surface area contributed by atoms with E-state index < -0.39 is 23.8 Å². The Morgan fingerprint density at radius 2 is 1.55 bits per heavy atom. The van der Waals surface area contributed by atoms with Crippen molar-refractivity contribution in [1.29, 1.82) is 0 Å². The summed E-state index contributed by atoms with van der Waals surface area (Å²) in [6.45, 7) is 0. The van der Waals surface area contributed by atoms with Crippen LogP contribution >= 0.6 is 0 Å². The first-order valence-electron chi connectivity index (χ1n) is 7.30. The number of aromatic carboxylic acids is 1. The summed E-state index contributed by atoms with van der Waals surface area (Å²) < 4.78 is 0. The second-order valence-electron chi connectivity index (χ2n) is 6.06. The van der Waals surface area contributed by atoms with Crippen LogP contribution in [0.2, 0.25) is 0 Å². The van der Waals surface area contributed by atoms with Gasteiger partial charge in [-0.05, 0) is 48.8 Å². The Morgan fingerprint density at radius 3 is 2.09 bits per heavy atom. The van der Waals surface area contributed by atoms with E-state index in [1.807, 2.05) is 0 Å². The van der Waals surface area contributed by atoms with E-state index >= 15 is 0 Å². The van der Waals surface area contributed by atoms with E-state index in [1.54, 1.807) is 0 Å². The minimum absolute atomic E-state index is 0.0190. The van der Waals surface area contributed by atoms with Crippen molar-refractivity contribution in [3.05, 3.63) is 29.8 Å². The highest BCUT2D eigenvalue weighted by molar-refractivity contribution is 5.96. The van der Waals surface area contributed by atoms with Crippen molar-refractivity contribution in [2.24, 2.45) is 23.7 Å². The molecule has 6 nitrogen and oxygen atoms in total. The van der Waals surface area contributed by atoms with Crippen LogP contribution in [-0.2, 0) is 9.59 Å². The third kappa shape index (κ3) is 2.45. The van der Waals surface area contributed by atoms with Crippen LogP contribution in [-0.4, -0.2) is 17.8 Å². The lowest BCUT2D eigenvalue weighted by molar-refractivity contribution is -0.314. The number of carbonyl (C=O) groups is 3. The fraction of sp³-hybridized carbons (Fsp3) is 0.438. The van der Waals surface area contributed by atoms with Gasteiger partial charge in [0.05, 0.1) is 5.97 Å². The molecule has 1 aromatic rings. The third-order valence-electron chi connectivity index (χ3n) is 4.88. The molecule has 3 rings (SSSR count). The van der Waals surface area contributed by atoms with Crippen molar-refractivity contribution in [1.82, 2.24) is 0 Å². The first-order valence-corrected chi connectivity index (χ1v) is 7.30. The molecule has 0 aliphatic heterocycles. The molecule has 0 spiro atoms. The molecule has 116 valence electrons. The summed E-state index contributed by atoms with van der Waals surface area (Å²) in [5.41, 5.74) is 0.459. The lowest BCUT2D eigenvalue weighted by atomic mass is 9.78. The summed E-state index contributed by atoms with van der Waals surface area (Å²) in [6, 6.07) is 5.60. The van der Waals surface area contributed by atoms with E-state index in [2.05, 4.69) is 5.32 Å². The highest BCUT2D eigenvalue weighted by atomic mass is 16.4. The average Bonchev–Trinajstić information content (AvgIpc) is 3.08. The SMILES string of the molecule is O=C([O-])c1ccc(NC(=O)[C@H]2[C@H]3CC[C@@H](C3)[C@@H]2C(=O)[O-])cc1. The summed E-state index contributed by atoms with van der Waals surface area (Å²) in [5.74, 6) is -3.93. The molecule has 1 aromatic carbocycles. The van der Waals surface area contributed by atoms with Crippen LogP contribution in [0.3, 0.4) is 0 Å². The molecule has 4 atom stereocenters. The van der Waals surface area contributed by atoms with E-state index in [4.69, 9.17) is 0 Å². The maximum absolute atomic E-state index is 12.4. The molecule has 1 N–H and O–H groups in total. The van der Waals surface area contributed by atoms with Gasteiger partial charge in [0.1, 0.15) is 0 Å². The number of rotatable bonds is 4. The molecule has 2 aliphatic rings. The number of anilines is 1. The Labute approximate surface area is 127 Å². The van der Waals surface area contributed by atoms with E-state index in [0.717, 1.165) is 19.3 Å². The van der Waals surface area contributed by atoms with Gasteiger partial charge in [-0.25, -0.2) is 0 Å². The largest absolute Gasteiger partial charge is 0.550 e. The number of nitrogens with one attached hydrogen (secondary N) is 1. The summed E-state index contributed by atoms with van der Waals surface area (Å²) in [4.78, 5) is 34.4. The lowest BCUT2D eigenvalue weighted by Crippen LogP contribution is -2.43. The van der Waals surface area contributed by atoms with Gasteiger partial charge < -0.3 is 25.1 Å². The van der Waals surface area contributed by atoms with Crippen molar-refractivity contribution in [2.45, 2.75) is 19.3 Å². The fourth-order valence-corrected chi connectivity index (χ4v) is 3.92. The highest BCUT2D eigenvalue weighted by Gasteiger charge is 2.51. The van der Waals surface area contributed by atoms with Crippen LogP contribution in [0.1, 0.15) is 29.6 Å². The van der Waals surface area contributed by atoms with Gasteiger partial charge in [0.2, 0.25) is 5.91 Å². The number of aliphatic carboxylic acids is 1. The van der Waals surface area contributed by atoms with Gasteiger partial charge in [-0.15, -0.1) is 0 Å². The fourth-order valence-electron chi connectivity index (χ4n) is 3.92. The highest BCUT2D eigenvalue weighted by Crippen LogP contribution is 2.52. The number of benzene rings is 1. The van der Waals surface area contributed by atoms with Crippen molar-refractivity contribution in [3.63, 3.8) is 0 Å². The predicted octanol–water partition coefficient (Wildman–Crippen LogP) is -0.599. The van der Waals surface area contributed by atoms with E-state index in [1.165, 1.54) is 24.3 Å². The second kappa shape index (κ2) is 5.44. The molecule has 6 heteroatoms. The quantitative estimate of drug-likeness (QED) is 0.798. The Kier molecular flexibility index (Phi) is 3.60. The number of carboxylic acids is 2. The summed E-state index contributed by atoms with van der Waals surface area (Å²) >= 11 is 0. The number of hydrogen-bond donors (Lipinski definition) is 1. The maximum Gasteiger partial charge on any atom is 0.228 e. The number of amides is 1. The van der Waals surface area contributed by atoms with E-state index in [9.17, 15) is 24.6 Å².